The number of rotatable bonds is 5. The number of ether oxygens (including phenoxy) is 1. The van der Waals surface area contributed by atoms with Crippen LogP contribution in [-0.4, -0.2) is 84.9 Å². The van der Waals surface area contributed by atoms with Crippen molar-refractivity contribution in [3.05, 3.63) is 0 Å². The van der Waals surface area contributed by atoms with Crippen molar-refractivity contribution in [3.8, 4) is 0 Å². The molecule has 0 aliphatic carbocycles. The van der Waals surface area contributed by atoms with Crippen molar-refractivity contribution >= 4 is 5.91 Å². The second-order valence-corrected chi connectivity index (χ2v) is 6.72. The van der Waals surface area contributed by atoms with Crippen LogP contribution >= 0.6 is 0 Å². The van der Waals surface area contributed by atoms with Crippen LogP contribution < -0.4 is 5.32 Å². The van der Waals surface area contributed by atoms with Gasteiger partial charge in [-0.15, -0.1) is 0 Å². The van der Waals surface area contributed by atoms with E-state index in [-0.39, 0.29) is 17.9 Å². The lowest BCUT2D eigenvalue weighted by molar-refractivity contribution is -0.138. The van der Waals surface area contributed by atoms with Crippen LogP contribution in [0.15, 0.2) is 0 Å². The highest BCUT2D eigenvalue weighted by atomic mass is 16.5. The van der Waals surface area contributed by atoms with E-state index in [9.17, 15) is 9.90 Å². The summed E-state index contributed by atoms with van der Waals surface area (Å²) in [4.78, 5) is 16.8. The number of likely N-dealkylation sites (N-methyl/N-ethyl adjacent to an activating group) is 1. The summed E-state index contributed by atoms with van der Waals surface area (Å²) in [6.45, 7) is 11.5. The predicted molar refractivity (Wildman–Crippen MR) is 81.1 cm³/mol. The van der Waals surface area contributed by atoms with Crippen LogP contribution in [0.25, 0.3) is 0 Å². The summed E-state index contributed by atoms with van der Waals surface area (Å²) >= 11 is 0. The van der Waals surface area contributed by atoms with Crippen molar-refractivity contribution in [2.75, 3.05) is 52.5 Å². The van der Waals surface area contributed by atoms with Crippen molar-refractivity contribution in [1.29, 1.82) is 0 Å². The summed E-state index contributed by atoms with van der Waals surface area (Å²) in [5.41, 5.74) is -0.679. The molecule has 0 spiro atoms. The lowest BCUT2D eigenvalue weighted by atomic mass is 10.0. The van der Waals surface area contributed by atoms with Gasteiger partial charge in [0.2, 0.25) is 5.91 Å². The molecule has 2 atom stereocenters. The molecule has 6 nitrogen and oxygen atoms in total. The molecule has 0 aromatic rings. The Labute approximate surface area is 127 Å². The fourth-order valence-electron chi connectivity index (χ4n) is 3.17. The van der Waals surface area contributed by atoms with Crippen LogP contribution in [0.5, 0.6) is 0 Å². The predicted octanol–water partition coefficient (Wildman–Crippen LogP) is -0.474. The van der Waals surface area contributed by atoms with Crippen molar-refractivity contribution < 1.29 is 14.6 Å². The molecule has 122 valence electrons. The zero-order valence-electron chi connectivity index (χ0n) is 13.5. The third-order valence-electron chi connectivity index (χ3n) is 4.16. The molecule has 2 aliphatic rings. The van der Waals surface area contributed by atoms with E-state index in [0.29, 0.717) is 19.8 Å². The highest BCUT2D eigenvalue weighted by Crippen LogP contribution is 2.18. The Morgan fingerprint density at radius 1 is 1.29 bits per heavy atom. The van der Waals surface area contributed by atoms with E-state index in [1.807, 2.05) is 18.7 Å². The lowest BCUT2D eigenvalue weighted by Gasteiger charge is -2.38. The van der Waals surface area contributed by atoms with E-state index in [0.717, 1.165) is 32.7 Å². The number of hydrogen-bond donors (Lipinski definition) is 2. The molecule has 2 N–H and O–H groups in total. The number of β-amino-alcohol motifs (C(OH)–C–C–N with tert-alkyl or cyclic N) is 1. The van der Waals surface area contributed by atoms with Gasteiger partial charge in [-0.2, -0.15) is 0 Å². The van der Waals surface area contributed by atoms with Crippen molar-refractivity contribution in [3.63, 3.8) is 0 Å². The monoisotopic (exact) mass is 299 g/mol. The molecule has 2 heterocycles. The minimum Gasteiger partial charge on any atom is -0.389 e. The third-order valence-corrected chi connectivity index (χ3v) is 4.16. The van der Waals surface area contributed by atoms with Crippen molar-refractivity contribution in [2.45, 2.75) is 32.4 Å². The number of carbonyl (C=O) groups excluding carboxylic acids is 1. The standard InChI is InChI=1S/C15H29N3O3/c1-4-16-13-10-21-9-12(13)14(19)18-7-5-17(6-8-18)11-15(2,3)20/h12-13,16,20H,4-11H2,1-3H3. The first kappa shape index (κ1) is 16.7. The first-order valence-corrected chi connectivity index (χ1v) is 7.95. The molecule has 6 heteroatoms. The van der Waals surface area contributed by atoms with Crippen LogP contribution in [0.2, 0.25) is 0 Å². The highest BCUT2D eigenvalue weighted by molar-refractivity contribution is 5.80. The van der Waals surface area contributed by atoms with E-state index in [4.69, 9.17) is 4.74 Å². The number of nitrogens with one attached hydrogen (secondary N) is 1. The number of nitrogens with zero attached hydrogens (tertiary/aromatic N) is 2. The second-order valence-electron chi connectivity index (χ2n) is 6.72. The first-order valence-electron chi connectivity index (χ1n) is 7.95. The maximum Gasteiger partial charge on any atom is 0.229 e. The summed E-state index contributed by atoms with van der Waals surface area (Å²) in [6.07, 6.45) is 0. The lowest BCUT2D eigenvalue weighted by Crippen LogP contribution is -2.54. The molecular weight excluding hydrogens is 270 g/mol. The van der Waals surface area contributed by atoms with Gasteiger partial charge in [-0.05, 0) is 20.4 Å². The molecule has 0 bridgehead atoms. The quantitative estimate of drug-likeness (QED) is 0.718. The maximum atomic E-state index is 12.6. The number of piperazine rings is 1. The number of hydrogen-bond acceptors (Lipinski definition) is 5. The van der Waals surface area contributed by atoms with Gasteiger partial charge in [-0.25, -0.2) is 0 Å². The molecule has 2 unspecified atom stereocenters. The van der Waals surface area contributed by atoms with E-state index in [1.165, 1.54) is 0 Å². The fourth-order valence-corrected chi connectivity index (χ4v) is 3.17. The zero-order chi connectivity index (χ0) is 15.5. The van der Waals surface area contributed by atoms with Crippen LogP contribution in [0.4, 0.5) is 0 Å². The Hall–Kier alpha value is -0.690. The first-order chi connectivity index (χ1) is 9.90. The Kier molecular flexibility index (Phi) is 5.60. The molecule has 0 radical (unpaired) electrons. The minimum absolute atomic E-state index is 0.0502. The molecule has 2 rings (SSSR count). The van der Waals surface area contributed by atoms with E-state index in [2.05, 4.69) is 17.1 Å². The molecule has 2 aliphatic heterocycles. The van der Waals surface area contributed by atoms with Gasteiger partial charge in [0.05, 0.1) is 24.7 Å². The molecule has 2 saturated heterocycles. The summed E-state index contributed by atoms with van der Waals surface area (Å²) < 4.78 is 5.47. The van der Waals surface area contributed by atoms with Gasteiger partial charge in [0.15, 0.2) is 0 Å². The number of carbonyl (C=O) groups is 1. The van der Waals surface area contributed by atoms with Gasteiger partial charge in [-0.3, -0.25) is 9.69 Å². The second kappa shape index (κ2) is 7.05. The molecule has 0 aromatic heterocycles. The average molecular weight is 299 g/mol. The normalized spacial score (nSPS) is 28.1. The Morgan fingerprint density at radius 3 is 2.52 bits per heavy atom. The van der Waals surface area contributed by atoms with Gasteiger partial charge >= 0.3 is 0 Å². The summed E-state index contributed by atoms with van der Waals surface area (Å²) in [6, 6.07) is 0.150. The maximum absolute atomic E-state index is 12.6. The molecule has 21 heavy (non-hydrogen) atoms. The van der Waals surface area contributed by atoms with Crippen LogP contribution in [0.1, 0.15) is 20.8 Å². The molecule has 2 fully saturated rings. The van der Waals surface area contributed by atoms with E-state index >= 15 is 0 Å². The Bertz CT molecular complexity index is 349. The number of aliphatic hydroxyl groups is 1. The smallest absolute Gasteiger partial charge is 0.229 e. The fraction of sp³-hybridized carbons (Fsp3) is 0.933. The minimum atomic E-state index is -0.679. The van der Waals surface area contributed by atoms with E-state index < -0.39 is 5.60 Å². The third kappa shape index (κ3) is 4.64. The summed E-state index contributed by atoms with van der Waals surface area (Å²) in [5, 5.41) is 13.2. The van der Waals surface area contributed by atoms with E-state index in [1.54, 1.807) is 0 Å². The Balaban J connectivity index is 1.83. The van der Waals surface area contributed by atoms with Gasteiger partial charge in [0, 0.05) is 38.8 Å². The highest BCUT2D eigenvalue weighted by Gasteiger charge is 2.37. The van der Waals surface area contributed by atoms with Gasteiger partial charge in [0.1, 0.15) is 0 Å². The zero-order valence-corrected chi connectivity index (χ0v) is 13.5. The van der Waals surface area contributed by atoms with Crippen LogP contribution in [0, 0.1) is 5.92 Å². The topological polar surface area (TPSA) is 65.0 Å². The SMILES string of the molecule is CCNC1COCC1C(=O)N1CCN(CC(C)(C)O)CC1. The largest absolute Gasteiger partial charge is 0.389 e. The van der Waals surface area contributed by atoms with Crippen molar-refractivity contribution in [2.24, 2.45) is 5.92 Å². The molecule has 0 aromatic carbocycles. The average Bonchev–Trinajstić information content (AvgIpc) is 2.86. The van der Waals surface area contributed by atoms with Gasteiger partial charge in [0.25, 0.3) is 0 Å². The van der Waals surface area contributed by atoms with Crippen molar-refractivity contribution in [1.82, 2.24) is 15.1 Å². The molecule has 0 saturated carbocycles. The summed E-state index contributed by atoms with van der Waals surface area (Å²) in [5.74, 6) is 0.159. The van der Waals surface area contributed by atoms with Gasteiger partial charge < -0.3 is 20.1 Å². The van der Waals surface area contributed by atoms with Gasteiger partial charge in [-0.1, -0.05) is 6.92 Å². The Morgan fingerprint density at radius 2 is 1.95 bits per heavy atom. The number of amides is 1. The molecule has 1 amide bonds. The van der Waals surface area contributed by atoms with Crippen LogP contribution in [0.3, 0.4) is 0 Å². The molecular formula is C15H29N3O3. The summed E-state index contributed by atoms with van der Waals surface area (Å²) in [7, 11) is 0. The van der Waals surface area contributed by atoms with Crippen LogP contribution in [-0.2, 0) is 9.53 Å².